The second-order valence-electron chi connectivity index (χ2n) is 5.72. The molecule has 4 nitrogen and oxygen atoms in total. The van der Waals surface area contributed by atoms with Gasteiger partial charge in [-0.3, -0.25) is 4.79 Å². The number of rotatable bonds is 5. The van der Waals surface area contributed by atoms with Crippen LogP contribution >= 0.6 is 0 Å². The lowest BCUT2D eigenvalue weighted by Gasteiger charge is -2.29. The van der Waals surface area contributed by atoms with Crippen LogP contribution in [0.5, 0.6) is 0 Å². The third kappa shape index (κ3) is 3.76. The summed E-state index contributed by atoms with van der Waals surface area (Å²) in [5.74, 6) is 0.0824. The minimum absolute atomic E-state index is 0.0347. The molecule has 0 aromatic rings. The SMILES string of the molecule is CC(C)(C)C(N)CC(=O)N(CCO)C1CC1. The molecule has 4 heteroatoms. The Labute approximate surface area is 97.8 Å². The molecule has 0 heterocycles. The molecule has 16 heavy (non-hydrogen) atoms. The molecular weight excluding hydrogens is 204 g/mol. The first-order valence-electron chi connectivity index (χ1n) is 6.02. The summed E-state index contributed by atoms with van der Waals surface area (Å²) in [6.07, 6.45) is 2.51. The van der Waals surface area contributed by atoms with Crippen molar-refractivity contribution in [2.45, 2.75) is 52.1 Å². The smallest absolute Gasteiger partial charge is 0.224 e. The Hall–Kier alpha value is -0.610. The van der Waals surface area contributed by atoms with E-state index in [1.54, 1.807) is 4.90 Å². The molecule has 1 saturated carbocycles. The van der Waals surface area contributed by atoms with Gasteiger partial charge in [-0.05, 0) is 18.3 Å². The van der Waals surface area contributed by atoms with E-state index >= 15 is 0 Å². The van der Waals surface area contributed by atoms with Gasteiger partial charge in [-0.15, -0.1) is 0 Å². The maximum Gasteiger partial charge on any atom is 0.224 e. The van der Waals surface area contributed by atoms with Gasteiger partial charge in [-0.1, -0.05) is 20.8 Å². The summed E-state index contributed by atoms with van der Waals surface area (Å²) in [5, 5.41) is 8.93. The first kappa shape index (κ1) is 13.5. The lowest BCUT2D eigenvalue weighted by molar-refractivity contribution is -0.133. The van der Waals surface area contributed by atoms with E-state index in [0.29, 0.717) is 19.0 Å². The van der Waals surface area contributed by atoms with E-state index in [-0.39, 0.29) is 24.0 Å². The van der Waals surface area contributed by atoms with Crippen molar-refractivity contribution < 1.29 is 9.90 Å². The van der Waals surface area contributed by atoms with Gasteiger partial charge in [-0.2, -0.15) is 0 Å². The predicted octanol–water partition coefficient (Wildman–Crippen LogP) is 0.733. The molecular formula is C12H24N2O2. The van der Waals surface area contributed by atoms with E-state index in [4.69, 9.17) is 10.8 Å². The van der Waals surface area contributed by atoms with Crippen LogP contribution in [0.3, 0.4) is 0 Å². The molecule has 0 saturated heterocycles. The summed E-state index contributed by atoms with van der Waals surface area (Å²) in [4.78, 5) is 13.8. The van der Waals surface area contributed by atoms with Crippen LogP contribution in [0.4, 0.5) is 0 Å². The number of hydrogen-bond donors (Lipinski definition) is 2. The highest BCUT2D eigenvalue weighted by Crippen LogP contribution is 2.28. The third-order valence-electron chi connectivity index (χ3n) is 3.16. The number of nitrogens with two attached hydrogens (primary N) is 1. The first-order valence-corrected chi connectivity index (χ1v) is 6.02. The molecule has 1 aliphatic rings. The summed E-state index contributed by atoms with van der Waals surface area (Å²) in [5.41, 5.74) is 5.94. The van der Waals surface area contributed by atoms with Crippen LogP contribution < -0.4 is 5.73 Å². The van der Waals surface area contributed by atoms with Gasteiger partial charge in [0.25, 0.3) is 0 Å². The summed E-state index contributed by atoms with van der Waals surface area (Å²) >= 11 is 0. The normalized spacial score (nSPS) is 18.3. The second kappa shape index (κ2) is 5.15. The summed E-state index contributed by atoms with van der Waals surface area (Å²) < 4.78 is 0. The van der Waals surface area contributed by atoms with E-state index in [0.717, 1.165) is 12.8 Å². The fourth-order valence-corrected chi connectivity index (χ4v) is 1.62. The fraction of sp³-hybridized carbons (Fsp3) is 0.917. The number of carbonyl (C=O) groups is 1. The van der Waals surface area contributed by atoms with Crippen LogP contribution in [-0.2, 0) is 4.79 Å². The number of aliphatic hydroxyl groups is 1. The van der Waals surface area contributed by atoms with Crippen molar-refractivity contribution in [2.24, 2.45) is 11.1 Å². The Kier molecular flexibility index (Phi) is 4.33. The Bertz CT molecular complexity index is 244. The van der Waals surface area contributed by atoms with E-state index in [2.05, 4.69) is 0 Å². The van der Waals surface area contributed by atoms with Crippen molar-refractivity contribution in [1.29, 1.82) is 0 Å². The van der Waals surface area contributed by atoms with Gasteiger partial charge in [0.2, 0.25) is 5.91 Å². The van der Waals surface area contributed by atoms with Crippen molar-refractivity contribution in [3.63, 3.8) is 0 Å². The van der Waals surface area contributed by atoms with Gasteiger partial charge in [0.15, 0.2) is 0 Å². The highest BCUT2D eigenvalue weighted by molar-refractivity contribution is 5.77. The molecule has 1 fully saturated rings. The lowest BCUT2D eigenvalue weighted by Crippen LogP contribution is -2.43. The summed E-state index contributed by atoms with van der Waals surface area (Å²) in [6, 6.07) is 0.228. The Morgan fingerprint density at radius 3 is 2.44 bits per heavy atom. The van der Waals surface area contributed by atoms with Crippen molar-refractivity contribution in [3.05, 3.63) is 0 Å². The number of hydrogen-bond acceptors (Lipinski definition) is 3. The quantitative estimate of drug-likeness (QED) is 0.729. The summed E-state index contributed by atoms with van der Waals surface area (Å²) in [7, 11) is 0. The summed E-state index contributed by atoms with van der Waals surface area (Å²) in [6.45, 7) is 6.60. The minimum Gasteiger partial charge on any atom is -0.395 e. The second-order valence-corrected chi connectivity index (χ2v) is 5.72. The van der Waals surface area contributed by atoms with E-state index in [1.165, 1.54) is 0 Å². The van der Waals surface area contributed by atoms with E-state index in [1.807, 2.05) is 20.8 Å². The Balaban J connectivity index is 2.48. The van der Waals surface area contributed by atoms with Crippen molar-refractivity contribution in [2.75, 3.05) is 13.2 Å². The van der Waals surface area contributed by atoms with Crippen molar-refractivity contribution in [1.82, 2.24) is 4.90 Å². The molecule has 0 aliphatic heterocycles. The van der Waals surface area contributed by atoms with Gasteiger partial charge in [0.1, 0.15) is 0 Å². The standard InChI is InChI=1S/C12H24N2O2/c1-12(2,3)10(13)8-11(16)14(6-7-15)9-4-5-9/h9-10,15H,4-8,13H2,1-3H3. The van der Waals surface area contributed by atoms with Crippen molar-refractivity contribution in [3.8, 4) is 0 Å². The highest BCUT2D eigenvalue weighted by Gasteiger charge is 2.34. The average molecular weight is 228 g/mol. The van der Waals surface area contributed by atoms with Crippen LogP contribution in [-0.4, -0.2) is 41.1 Å². The van der Waals surface area contributed by atoms with Crippen LogP contribution in [0.1, 0.15) is 40.0 Å². The molecule has 1 amide bonds. The molecule has 1 rings (SSSR count). The first-order chi connectivity index (χ1) is 7.36. The van der Waals surface area contributed by atoms with Crippen LogP contribution in [0.25, 0.3) is 0 Å². The predicted molar refractivity (Wildman–Crippen MR) is 63.9 cm³/mol. The van der Waals surface area contributed by atoms with Gasteiger partial charge in [0.05, 0.1) is 6.61 Å². The van der Waals surface area contributed by atoms with Gasteiger partial charge in [-0.25, -0.2) is 0 Å². The Morgan fingerprint density at radius 2 is 2.06 bits per heavy atom. The van der Waals surface area contributed by atoms with E-state index < -0.39 is 0 Å². The molecule has 94 valence electrons. The minimum atomic E-state index is -0.125. The van der Waals surface area contributed by atoms with Gasteiger partial charge in [0, 0.05) is 25.0 Å². The fourth-order valence-electron chi connectivity index (χ4n) is 1.62. The zero-order chi connectivity index (χ0) is 12.3. The zero-order valence-electron chi connectivity index (χ0n) is 10.6. The number of nitrogens with zero attached hydrogens (tertiary/aromatic N) is 1. The van der Waals surface area contributed by atoms with Gasteiger partial charge < -0.3 is 15.7 Å². The van der Waals surface area contributed by atoms with Crippen molar-refractivity contribution >= 4 is 5.91 Å². The Morgan fingerprint density at radius 1 is 1.50 bits per heavy atom. The molecule has 1 unspecified atom stereocenters. The molecule has 0 aromatic heterocycles. The maximum absolute atomic E-state index is 12.0. The number of carbonyl (C=O) groups excluding carboxylic acids is 1. The molecule has 3 N–H and O–H groups in total. The lowest BCUT2D eigenvalue weighted by atomic mass is 9.85. The molecule has 1 atom stereocenters. The topological polar surface area (TPSA) is 66.6 Å². The van der Waals surface area contributed by atoms with E-state index in [9.17, 15) is 4.79 Å². The van der Waals surface area contributed by atoms with Crippen LogP contribution in [0.15, 0.2) is 0 Å². The molecule has 0 radical (unpaired) electrons. The molecule has 0 bridgehead atoms. The zero-order valence-corrected chi connectivity index (χ0v) is 10.6. The molecule has 0 aromatic carbocycles. The van der Waals surface area contributed by atoms with Crippen LogP contribution in [0.2, 0.25) is 0 Å². The molecule has 1 aliphatic carbocycles. The largest absolute Gasteiger partial charge is 0.395 e. The number of aliphatic hydroxyl groups excluding tert-OH is 1. The third-order valence-corrected chi connectivity index (χ3v) is 3.16. The van der Waals surface area contributed by atoms with Gasteiger partial charge >= 0.3 is 0 Å². The monoisotopic (exact) mass is 228 g/mol. The van der Waals surface area contributed by atoms with Crippen LogP contribution in [0, 0.1) is 5.41 Å². The average Bonchev–Trinajstić information content (AvgIpc) is 2.95. The maximum atomic E-state index is 12.0. The highest BCUT2D eigenvalue weighted by atomic mass is 16.3. The number of amides is 1. The molecule has 0 spiro atoms.